The highest BCUT2D eigenvalue weighted by Gasteiger charge is 2.30. The van der Waals surface area contributed by atoms with Gasteiger partial charge in [0.1, 0.15) is 5.03 Å². The van der Waals surface area contributed by atoms with E-state index in [1.807, 2.05) is 0 Å². The van der Waals surface area contributed by atoms with Crippen LogP contribution >= 0.6 is 11.8 Å². The third-order valence-corrected chi connectivity index (χ3v) is 3.89. The number of alkyl halides is 3. The molecular formula is C14H11F3N6O2S. The molecule has 4 N–H and O–H groups in total. The van der Waals surface area contributed by atoms with Crippen molar-refractivity contribution >= 4 is 29.6 Å². The highest BCUT2D eigenvalue weighted by Crippen LogP contribution is 2.33. The van der Waals surface area contributed by atoms with E-state index in [-0.39, 0.29) is 16.7 Å². The lowest BCUT2D eigenvalue weighted by Crippen LogP contribution is -2.21. The molecule has 2 aromatic rings. The van der Waals surface area contributed by atoms with Crippen molar-refractivity contribution in [1.29, 1.82) is 0 Å². The number of rotatable bonds is 5. The predicted molar refractivity (Wildman–Crippen MR) is 89.9 cm³/mol. The first-order chi connectivity index (χ1) is 12.2. The number of nitrogens with zero attached hydrogens (tertiary/aromatic N) is 4. The molecule has 2 rings (SSSR count). The smallest absolute Gasteiger partial charge is 0.369 e. The molecule has 0 saturated heterocycles. The first-order valence-corrected chi connectivity index (χ1v) is 7.60. The summed E-state index contributed by atoms with van der Waals surface area (Å²) in [5, 5.41) is 18.2. The highest BCUT2D eigenvalue weighted by molar-refractivity contribution is 7.99. The van der Waals surface area contributed by atoms with Crippen LogP contribution in [-0.2, 0) is 6.18 Å². The van der Waals surface area contributed by atoms with Crippen LogP contribution < -0.4 is 11.5 Å². The summed E-state index contributed by atoms with van der Waals surface area (Å²) < 4.78 is 37.7. The molecule has 0 bridgehead atoms. The molecule has 0 spiro atoms. The quantitative estimate of drug-likeness (QED) is 0.352. The molecule has 12 heteroatoms. The fourth-order valence-corrected chi connectivity index (χ4v) is 2.55. The summed E-state index contributed by atoms with van der Waals surface area (Å²) in [6.07, 6.45) is -2.58. The Hall–Kier alpha value is -3.15. The van der Waals surface area contributed by atoms with E-state index in [1.165, 1.54) is 30.5 Å². The third-order valence-electron chi connectivity index (χ3n) is 2.85. The van der Waals surface area contributed by atoms with Gasteiger partial charge in [-0.1, -0.05) is 11.8 Å². The summed E-state index contributed by atoms with van der Waals surface area (Å²) in [6.45, 7) is 0. The molecule has 0 aliphatic carbocycles. The third kappa shape index (κ3) is 5.17. The molecule has 0 radical (unpaired) electrons. The topological polar surface area (TPSA) is 133 Å². The van der Waals surface area contributed by atoms with Crippen molar-refractivity contribution in [2.24, 2.45) is 21.7 Å². The van der Waals surface area contributed by atoms with E-state index in [0.29, 0.717) is 16.7 Å². The number of nitrogens with two attached hydrogens (primary N) is 2. The van der Waals surface area contributed by atoms with Crippen LogP contribution in [0, 0.1) is 10.1 Å². The Morgan fingerprint density at radius 1 is 1.27 bits per heavy atom. The van der Waals surface area contributed by atoms with Crippen molar-refractivity contribution in [3.05, 3.63) is 57.8 Å². The molecule has 0 amide bonds. The van der Waals surface area contributed by atoms with E-state index in [0.717, 1.165) is 17.8 Å². The van der Waals surface area contributed by atoms with Crippen LogP contribution in [-0.4, -0.2) is 22.1 Å². The van der Waals surface area contributed by atoms with E-state index >= 15 is 0 Å². The lowest BCUT2D eigenvalue weighted by Gasteiger charge is -2.08. The molecule has 1 heterocycles. The zero-order valence-corrected chi connectivity index (χ0v) is 13.7. The lowest BCUT2D eigenvalue weighted by atomic mass is 10.2. The molecule has 1 aromatic heterocycles. The number of hydrogen-bond acceptors (Lipinski definition) is 6. The van der Waals surface area contributed by atoms with E-state index in [1.54, 1.807) is 0 Å². The van der Waals surface area contributed by atoms with Gasteiger partial charge in [-0.3, -0.25) is 10.1 Å². The van der Waals surface area contributed by atoms with Crippen molar-refractivity contribution in [1.82, 2.24) is 4.98 Å². The minimum atomic E-state index is -4.48. The van der Waals surface area contributed by atoms with Gasteiger partial charge in [0.05, 0.1) is 16.7 Å². The van der Waals surface area contributed by atoms with E-state index < -0.39 is 16.7 Å². The number of nitro benzene ring substituents is 1. The van der Waals surface area contributed by atoms with Gasteiger partial charge in [0.25, 0.3) is 5.69 Å². The van der Waals surface area contributed by atoms with E-state index in [2.05, 4.69) is 15.2 Å². The molecule has 1 aromatic carbocycles. The van der Waals surface area contributed by atoms with Gasteiger partial charge in [-0.05, 0) is 18.2 Å². The van der Waals surface area contributed by atoms with Gasteiger partial charge in [-0.15, -0.1) is 5.10 Å². The molecular weight excluding hydrogens is 373 g/mol. The fourth-order valence-electron chi connectivity index (χ4n) is 1.72. The van der Waals surface area contributed by atoms with Crippen molar-refractivity contribution in [2.45, 2.75) is 16.1 Å². The Morgan fingerprint density at radius 2 is 2.00 bits per heavy atom. The number of halogens is 3. The number of guanidine groups is 1. The molecule has 0 fully saturated rings. The number of aromatic nitrogens is 1. The van der Waals surface area contributed by atoms with Gasteiger partial charge in [0.15, 0.2) is 0 Å². The molecule has 136 valence electrons. The van der Waals surface area contributed by atoms with E-state index in [4.69, 9.17) is 11.5 Å². The number of pyridine rings is 1. The van der Waals surface area contributed by atoms with Crippen molar-refractivity contribution in [3.8, 4) is 0 Å². The summed E-state index contributed by atoms with van der Waals surface area (Å²) in [6, 6.07) is 6.02. The molecule has 0 aliphatic rings. The van der Waals surface area contributed by atoms with Crippen molar-refractivity contribution in [2.75, 3.05) is 0 Å². The number of benzene rings is 1. The summed E-state index contributed by atoms with van der Waals surface area (Å²) in [4.78, 5) is 14.5. The maximum absolute atomic E-state index is 12.6. The van der Waals surface area contributed by atoms with Crippen molar-refractivity contribution < 1.29 is 18.1 Å². The first kappa shape index (κ1) is 19.2. The van der Waals surface area contributed by atoms with Gasteiger partial charge in [0.2, 0.25) is 5.96 Å². The van der Waals surface area contributed by atoms with Gasteiger partial charge in [-0.2, -0.15) is 18.3 Å². The predicted octanol–water partition coefficient (Wildman–Crippen LogP) is 2.77. The summed E-state index contributed by atoms with van der Waals surface area (Å²) in [7, 11) is 0. The second-order valence-electron chi connectivity index (χ2n) is 4.73. The molecule has 8 nitrogen and oxygen atoms in total. The van der Waals surface area contributed by atoms with Crippen LogP contribution in [0.2, 0.25) is 0 Å². The molecule has 0 atom stereocenters. The fraction of sp³-hybridized carbons (Fsp3) is 0.0714. The van der Waals surface area contributed by atoms with Gasteiger partial charge >= 0.3 is 6.18 Å². The van der Waals surface area contributed by atoms with Crippen LogP contribution in [0.25, 0.3) is 0 Å². The first-order valence-electron chi connectivity index (χ1n) is 6.78. The second-order valence-corrected chi connectivity index (χ2v) is 5.80. The Bertz CT molecular complexity index is 864. The van der Waals surface area contributed by atoms with Crippen molar-refractivity contribution in [3.63, 3.8) is 0 Å². The maximum Gasteiger partial charge on any atom is 0.417 e. The number of hydrogen-bond donors (Lipinski definition) is 2. The largest absolute Gasteiger partial charge is 0.417 e. The average molecular weight is 384 g/mol. The second kappa shape index (κ2) is 7.82. The zero-order valence-electron chi connectivity index (χ0n) is 12.8. The normalized spacial score (nSPS) is 11.5. The van der Waals surface area contributed by atoms with Crippen LogP contribution in [0.4, 0.5) is 18.9 Å². The molecule has 0 saturated carbocycles. The Labute approximate surface area is 149 Å². The SMILES string of the molecule is NC(N)=NN=Cc1cc([N+](=O)[O-])ccc1Sc1ccc(C(F)(F)F)cn1. The summed E-state index contributed by atoms with van der Waals surface area (Å²) >= 11 is 1.01. The average Bonchev–Trinajstić information content (AvgIpc) is 2.55. The Balaban J connectivity index is 2.34. The summed E-state index contributed by atoms with van der Waals surface area (Å²) in [5.74, 6) is -0.301. The Morgan fingerprint density at radius 3 is 2.54 bits per heavy atom. The zero-order chi connectivity index (χ0) is 19.3. The van der Waals surface area contributed by atoms with Gasteiger partial charge in [-0.25, -0.2) is 4.98 Å². The number of non-ortho nitro benzene ring substituents is 1. The van der Waals surface area contributed by atoms with Crippen LogP contribution in [0.3, 0.4) is 0 Å². The highest BCUT2D eigenvalue weighted by atomic mass is 32.2. The molecule has 0 aliphatic heterocycles. The minimum Gasteiger partial charge on any atom is -0.369 e. The monoisotopic (exact) mass is 384 g/mol. The molecule has 26 heavy (non-hydrogen) atoms. The van der Waals surface area contributed by atoms with Crippen LogP contribution in [0.1, 0.15) is 11.1 Å². The molecule has 0 unspecified atom stereocenters. The van der Waals surface area contributed by atoms with Crippen LogP contribution in [0.15, 0.2) is 56.7 Å². The maximum atomic E-state index is 12.6. The van der Waals surface area contributed by atoms with Gasteiger partial charge in [0, 0.05) is 28.8 Å². The number of nitro groups is 1. The standard InChI is InChI=1S/C14H11F3N6O2S/c15-14(16,17)9-1-4-12(20-7-9)26-11-3-2-10(23(24)25)5-8(11)6-21-22-13(18)19/h1-7H,(H4,18,19,22). The van der Waals surface area contributed by atoms with Crippen LogP contribution in [0.5, 0.6) is 0 Å². The summed E-state index contributed by atoms with van der Waals surface area (Å²) in [5.41, 5.74) is 9.52. The van der Waals surface area contributed by atoms with E-state index in [9.17, 15) is 23.3 Å². The Kier molecular flexibility index (Phi) is 5.77. The lowest BCUT2D eigenvalue weighted by molar-refractivity contribution is -0.384. The minimum absolute atomic E-state index is 0.194. The van der Waals surface area contributed by atoms with Gasteiger partial charge < -0.3 is 11.5 Å².